The molecule has 3 heteroatoms. The molecule has 1 fully saturated rings. The van der Waals surface area contributed by atoms with Crippen LogP contribution in [-0.4, -0.2) is 23.4 Å². The second-order valence-electron chi connectivity index (χ2n) is 6.54. The maximum absolute atomic E-state index is 12.6. The summed E-state index contributed by atoms with van der Waals surface area (Å²) in [4.78, 5) is 14.7. The Morgan fingerprint density at radius 2 is 1.90 bits per heavy atom. The van der Waals surface area contributed by atoms with Gasteiger partial charge in [0.1, 0.15) is 6.17 Å². The van der Waals surface area contributed by atoms with Crippen molar-refractivity contribution in [3.63, 3.8) is 0 Å². The SMILES string of the molecule is CCCC1NC(c2ccc(C)cc2)N(CCC(C)C)C1=O. The number of hydrogen-bond acceptors (Lipinski definition) is 2. The molecule has 0 aliphatic carbocycles. The summed E-state index contributed by atoms with van der Waals surface area (Å²) in [6.07, 6.45) is 3.03. The lowest BCUT2D eigenvalue weighted by molar-refractivity contribution is -0.130. The van der Waals surface area contributed by atoms with Gasteiger partial charge in [0.05, 0.1) is 6.04 Å². The molecule has 0 saturated carbocycles. The molecule has 0 radical (unpaired) electrons. The van der Waals surface area contributed by atoms with Gasteiger partial charge in [0, 0.05) is 6.54 Å². The summed E-state index contributed by atoms with van der Waals surface area (Å²) >= 11 is 0. The van der Waals surface area contributed by atoms with Gasteiger partial charge in [0.15, 0.2) is 0 Å². The molecule has 21 heavy (non-hydrogen) atoms. The van der Waals surface area contributed by atoms with Gasteiger partial charge in [-0.2, -0.15) is 0 Å². The van der Waals surface area contributed by atoms with Crippen molar-refractivity contribution >= 4 is 5.91 Å². The van der Waals surface area contributed by atoms with E-state index in [2.05, 4.69) is 57.3 Å². The Kier molecular flexibility index (Phi) is 5.40. The van der Waals surface area contributed by atoms with E-state index in [1.54, 1.807) is 0 Å². The molecule has 1 saturated heterocycles. The van der Waals surface area contributed by atoms with E-state index in [1.165, 1.54) is 11.1 Å². The van der Waals surface area contributed by atoms with Crippen LogP contribution in [0.4, 0.5) is 0 Å². The van der Waals surface area contributed by atoms with Crippen LogP contribution in [0.3, 0.4) is 0 Å². The average Bonchev–Trinajstić information content (AvgIpc) is 2.75. The highest BCUT2D eigenvalue weighted by atomic mass is 16.2. The van der Waals surface area contributed by atoms with Crippen LogP contribution in [0.2, 0.25) is 0 Å². The predicted octanol–water partition coefficient (Wildman–Crippen LogP) is 3.64. The highest BCUT2D eigenvalue weighted by Crippen LogP contribution is 2.28. The highest BCUT2D eigenvalue weighted by Gasteiger charge is 2.38. The van der Waals surface area contributed by atoms with Crippen LogP contribution in [0.5, 0.6) is 0 Å². The Morgan fingerprint density at radius 3 is 2.48 bits per heavy atom. The average molecular weight is 288 g/mol. The van der Waals surface area contributed by atoms with E-state index in [-0.39, 0.29) is 18.1 Å². The summed E-state index contributed by atoms with van der Waals surface area (Å²) in [7, 11) is 0. The van der Waals surface area contributed by atoms with E-state index in [9.17, 15) is 4.79 Å². The lowest BCUT2D eigenvalue weighted by atomic mass is 10.1. The molecule has 1 aliphatic rings. The van der Waals surface area contributed by atoms with Crippen molar-refractivity contribution in [2.75, 3.05) is 6.54 Å². The molecule has 1 heterocycles. The zero-order chi connectivity index (χ0) is 15.4. The molecular formula is C18H28N2O. The summed E-state index contributed by atoms with van der Waals surface area (Å²) < 4.78 is 0. The number of amides is 1. The van der Waals surface area contributed by atoms with Gasteiger partial charge in [-0.25, -0.2) is 0 Å². The fourth-order valence-electron chi connectivity index (χ4n) is 2.84. The van der Waals surface area contributed by atoms with E-state index < -0.39 is 0 Å². The maximum Gasteiger partial charge on any atom is 0.241 e. The van der Waals surface area contributed by atoms with Crippen molar-refractivity contribution in [3.05, 3.63) is 35.4 Å². The van der Waals surface area contributed by atoms with Crippen LogP contribution >= 0.6 is 0 Å². The molecule has 1 N–H and O–H groups in total. The Morgan fingerprint density at radius 1 is 1.24 bits per heavy atom. The second kappa shape index (κ2) is 7.08. The molecule has 2 rings (SSSR count). The van der Waals surface area contributed by atoms with E-state index in [0.717, 1.165) is 25.8 Å². The number of aryl methyl sites for hydroxylation is 1. The number of benzene rings is 1. The lowest BCUT2D eigenvalue weighted by Crippen LogP contribution is -2.32. The first-order valence-electron chi connectivity index (χ1n) is 8.16. The third-order valence-corrected chi connectivity index (χ3v) is 4.17. The summed E-state index contributed by atoms with van der Waals surface area (Å²) in [6, 6.07) is 8.49. The second-order valence-corrected chi connectivity index (χ2v) is 6.54. The number of carbonyl (C=O) groups is 1. The van der Waals surface area contributed by atoms with Crippen LogP contribution in [0.25, 0.3) is 0 Å². The quantitative estimate of drug-likeness (QED) is 0.866. The van der Waals surface area contributed by atoms with Crippen molar-refractivity contribution < 1.29 is 4.79 Å². The number of nitrogens with one attached hydrogen (secondary N) is 1. The topological polar surface area (TPSA) is 32.3 Å². The van der Waals surface area contributed by atoms with Crippen LogP contribution in [0.1, 0.15) is 57.3 Å². The molecule has 1 aliphatic heterocycles. The molecular weight excluding hydrogens is 260 g/mol. The lowest BCUT2D eigenvalue weighted by Gasteiger charge is -2.25. The van der Waals surface area contributed by atoms with Gasteiger partial charge in [-0.05, 0) is 31.2 Å². The molecule has 1 amide bonds. The standard InChI is InChI=1S/C18H28N2O/c1-5-6-16-18(21)20(12-11-13(2)3)17(19-16)15-9-7-14(4)8-10-15/h7-10,13,16-17,19H,5-6,11-12H2,1-4H3. The van der Waals surface area contributed by atoms with Gasteiger partial charge < -0.3 is 4.90 Å². The Balaban J connectivity index is 2.18. The minimum absolute atomic E-state index is 0.0199. The number of hydrogen-bond donors (Lipinski definition) is 1. The Bertz CT molecular complexity index is 467. The molecule has 2 atom stereocenters. The monoisotopic (exact) mass is 288 g/mol. The summed E-state index contributed by atoms with van der Waals surface area (Å²) in [5.41, 5.74) is 2.44. The van der Waals surface area contributed by atoms with Crippen LogP contribution < -0.4 is 5.32 Å². The Labute approximate surface area is 128 Å². The van der Waals surface area contributed by atoms with Gasteiger partial charge in [-0.1, -0.05) is 57.0 Å². The molecule has 0 aromatic heterocycles. The largest absolute Gasteiger partial charge is 0.322 e. The number of nitrogens with zero attached hydrogens (tertiary/aromatic N) is 1. The Hall–Kier alpha value is -1.35. The first-order chi connectivity index (χ1) is 10.0. The molecule has 2 unspecified atom stereocenters. The predicted molar refractivity (Wildman–Crippen MR) is 86.9 cm³/mol. The molecule has 3 nitrogen and oxygen atoms in total. The van der Waals surface area contributed by atoms with Crippen molar-refractivity contribution in [3.8, 4) is 0 Å². The van der Waals surface area contributed by atoms with E-state index >= 15 is 0 Å². The van der Waals surface area contributed by atoms with Gasteiger partial charge in [0.25, 0.3) is 0 Å². The van der Waals surface area contributed by atoms with Gasteiger partial charge >= 0.3 is 0 Å². The summed E-state index contributed by atoms with van der Waals surface area (Å²) in [6.45, 7) is 9.47. The molecule has 0 bridgehead atoms. The zero-order valence-corrected chi connectivity index (χ0v) is 13.7. The third kappa shape index (κ3) is 3.85. The van der Waals surface area contributed by atoms with E-state index in [0.29, 0.717) is 5.92 Å². The fraction of sp³-hybridized carbons (Fsp3) is 0.611. The summed E-state index contributed by atoms with van der Waals surface area (Å²) in [5, 5.41) is 3.53. The van der Waals surface area contributed by atoms with Crippen LogP contribution in [0, 0.1) is 12.8 Å². The molecule has 1 aromatic carbocycles. The van der Waals surface area contributed by atoms with Crippen molar-refractivity contribution in [1.29, 1.82) is 0 Å². The van der Waals surface area contributed by atoms with E-state index in [4.69, 9.17) is 0 Å². The van der Waals surface area contributed by atoms with Crippen molar-refractivity contribution in [2.24, 2.45) is 5.92 Å². The fourth-order valence-corrected chi connectivity index (χ4v) is 2.84. The van der Waals surface area contributed by atoms with Crippen molar-refractivity contribution in [1.82, 2.24) is 10.2 Å². The third-order valence-electron chi connectivity index (χ3n) is 4.17. The first-order valence-corrected chi connectivity index (χ1v) is 8.16. The minimum atomic E-state index is -0.0199. The normalized spacial score (nSPS) is 22.3. The minimum Gasteiger partial charge on any atom is -0.322 e. The molecule has 1 aromatic rings. The molecule has 0 spiro atoms. The van der Waals surface area contributed by atoms with Crippen molar-refractivity contribution in [2.45, 2.75) is 59.2 Å². The highest BCUT2D eigenvalue weighted by molar-refractivity contribution is 5.84. The molecule has 116 valence electrons. The number of rotatable bonds is 6. The van der Waals surface area contributed by atoms with E-state index in [1.807, 2.05) is 4.90 Å². The van der Waals surface area contributed by atoms with Gasteiger partial charge in [-0.3, -0.25) is 10.1 Å². The smallest absolute Gasteiger partial charge is 0.241 e. The number of carbonyl (C=O) groups excluding carboxylic acids is 1. The maximum atomic E-state index is 12.6. The van der Waals surface area contributed by atoms with Crippen LogP contribution in [0.15, 0.2) is 24.3 Å². The zero-order valence-electron chi connectivity index (χ0n) is 13.7. The van der Waals surface area contributed by atoms with Crippen LogP contribution in [-0.2, 0) is 4.79 Å². The van der Waals surface area contributed by atoms with Gasteiger partial charge in [-0.15, -0.1) is 0 Å². The first kappa shape index (κ1) is 16.0. The summed E-state index contributed by atoms with van der Waals surface area (Å²) in [5.74, 6) is 0.879. The van der Waals surface area contributed by atoms with Gasteiger partial charge in [0.2, 0.25) is 5.91 Å².